The summed E-state index contributed by atoms with van der Waals surface area (Å²) in [5, 5.41) is 4.89. The van der Waals surface area contributed by atoms with Crippen molar-refractivity contribution in [2.45, 2.75) is 38.9 Å². The Morgan fingerprint density at radius 1 is 0.744 bits per heavy atom. The van der Waals surface area contributed by atoms with Gasteiger partial charge in [-0.2, -0.15) is 0 Å². The summed E-state index contributed by atoms with van der Waals surface area (Å²) in [6.45, 7) is 8.36. The number of pyridine rings is 1. The molecule has 7 aromatic rings. The Morgan fingerprint density at radius 3 is 2.21 bits per heavy atom. The summed E-state index contributed by atoms with van der Waals surface area (Å²) in [4.78, 5) is 5.30. The van der Waals surface area contributed by atoms with Crippen LogP contribution in [0.5, 0.6) is 0 Å². The number of thiophene rings is 1. The third-order valence-electron chi connectivity index (χ3n) is 8.64. The molecule has 1 aliphatic heterocycles. The number of fused-ring (bicyclic) bond motifs is 9. The summed E-state index contributed by atoms with van der Waals surface area (Å²) < 4.78 is 17.5. The lowest BCUT2D eigenvalue weighted by Gasteiger charge is -2.32. The lowest BCUT2D eigenvalue weighted by Crippen LogP contribution is -2.41. The van der Waals surface area contributed by atoms with E-state index in [1.54, 1.807) is 0 Å². The van der Waals surface area contributed by atoms with Crippen molar-refractivity contribution in [3.8, 4) is 11.3 Å². The minimum absolute atomic E-state index is 0.369. The first-order valence-corrected chi connectivity index (χ1v) is 14.2. The van der Waals surface area contributed by atoms with E-state index >= 15 is 0 Å². The van der Waals surface area contributed by atoms with Crippen molar-refractivity contribution in [1.29, 1.82) is 0 Å². The average Bonchev–Trinajstić information content (AvgIpc) is 3.57. The van der Waals surface area contributed by atoms with Gasteiger partial charge in [-0.25, -0.2) is 4.98 Å². The number of rotatable bonds is 2. The largest absolute Gasteiger partial charge is 0.494 e. The van der Waals surface area contributed by atoms with Gasteiger partial charge in [0.1, 0.15) is 0 Å². The molecule has 6 heteroatoms. The predicted molar refractivity (Wildman–Crippen MR) is 164 cm³/mol. The maximum atomic E-state index is 6.31. The van der Waals surface area contributed by atoms with Crippen molar-refractivity contribution in [2.24, 2.45) is 0 Å². The second kappa shape index (κ2) is 7.92. The molecule has 3 aromatic heterocycles. The molecule has 0 radical (unpaired) electrons. The van der Waals surface area contributed by atoms with Gasteiger partial charge < -0.3 is 9.31 Å². The molecule has 0 unspecified atom stereocenters. The molecule has 0 amide bonds. The fraction of sp³-hybridized carbons (Fsp3) is 0.182. The Hall–Kier alpha value is -3.71. The second-order valence-electron chi connectivity index (χ2n) is 11.5. The normalized spacial score (nSPS) is 16.9. The molecule has 1 aliphatic rings. The molecular weight excluding hydrogens is 499 g/mol. The Bertz CT molecular complexity index is 2070. The van der Waals surface area contributed by atoms with Crippen molar-refractivity contribution < 1.29 is 9.31 Å². The third-order valence-corrected chi connectivity index (χ3v) is 9.82. The smallest absolute Gasteiger partial charge is 0.399 e. The minimum atomic E-state index is -0.382. The van der Waals surface area contributed by atoms with Gasteiger partial charge in [0.2, 0.25) is 0 Å². The van der Waals surface area contributed by atoms with Gasteiger partial charge >= 0.3 is 7.12 Å². The molecule has 8 rings (SSSR count). The van der Waals surface area contributed by atoms with E-state index in [1.807, 2.05) is 11.3 Å². The summed E-state index contributed by atoms with van der Waals surface area (Å²) >= 11 is 1.82. The molecule has 190 valence electrons. The van der Waals surface area contributed by atoms with E-state index in [2.05, 4.69) is 123 Å². The van der Waals surface area contributed by atoms with Crippen LogP contribution in [0.15, 0.2) is 91.0 Å². The molecule has 4 heterocycles. The van der Waals surface area contributed by atoms with E-state index in [0.29, 0.717) is 0 Å². The Labute approximate surface area is 230 Å². The van der Waals surface area contributed by atoms with Gasteiger partial charge in [0.15, 0.2) is 5.65 Å². The lowest BCUT2D eigenvalue weighted by molar-refractivity contribution is 0.00578. The van der Waals surface area contributed by atoms with Crippen LogP contribution in [-0.4, -0.2) is 27.7 Å². The molecule has 0 bridgehead atoms. The summed E-state index contributed by atoms with van der Waals surface area (Å²) in [6, 6.07) is 32.5. The number of nitrogens with zero attached hydrogens (tertiary/aromatic N) is 2. The van der Waals surface area contributed by atoms with Crippen molar-refractivity contribution in [3.05, 3.63) is 91.0 Å². The zero-order chi connectivity index (χ0) is 26.5. The maximum absolute atomic E-state index is 6.31. The maximum Gasteiger partial charge on any atom is 0.494 e. The van der Waals surface area contributed by atoms with E-state index in [0.717, 1.165) is 33.4 Å². The van der Waals surface area contributed by atoms with Gasteiger partial charge in [-0.05, 0) is 62.3 Å². The zero-order valence-corrected chi connectivity index (χ0v) is 23.2. The first kappa shape index (κ1) is 23.2. The molecule has 0 atom stereocenters. The van der Waals surface area contributed by atoms with Crippen molar-refractivity contribution in [1.82, 2.24) is 9.38 Å². The van der Waals surface area contributed by atoms with Crippen LogP contribution in [0.4, 0.5) is 0 Å². The third kappa shape index (κ3) is 3.29. The fourth-order valence-electron chi connectivity index (χ4n) is 5.79. The van der Waals surface area contributed by atoms with Crippen molar-refractivity contribution in [2.75, 3.05) is 0 Å². The first-order valence-electron chi connectivity index (χ1n) is 13.4. The molecule has 4 aromatic carbocycles. The topological polar surface area (TPSA) is 35.8 Å². The van der Waals surface area contributed by atoms with Gasteiger partial charge in [-0.1, -0.05) is 72.8 Å². The second-order valence-corrected chi connectivity index (χ2v) is 12.6. The van der Waals surface area contributed by atoms with Crippen LogP contribution in [0.25, 0.3) is 58.9 Å². The Morgan fingerprint density at radius 2 is 1.44 bits per heavy atom. The predicted octanol–water partition coefficient (Wildman–Crippen LogP) is 7.97. The molecule has 0 aliphatic carbocycles. The summed E-state index contributed by atoms with van der Waals surface area (Å²) in [7, 11) is -0.382. The number of hydrogen-bond donors (Lipinski definition) is 0. The molecule has 1 saturated heterocycles. The zero-order valence-electron chi connectivity index (χ0n) is 22.4. The molecular formula is C33H27BN2O2S. The molecule has 39 heavy (non-hydrogen) atoms. The minimum Gasteiger partial charge on any atom is -0.399 e. The Balaban J connectivity index is 1.38. The first-order chi connectivity index (χ1) is 18.8. The van der Waals surface area contributed by atoms with Crippen molar-refractivity contribution in [3.63, 3.8) is 0 Å². The van der Waals surface area contributed by atoms with Crippen LogP contribution < -0.4 is 5.46 Å². The van der Waals surface area contributed by atoms with Crippen LogP contribution in [-0.2, 0) is 9.31 Å². The van der Waals surface area contributed by atoms with Crippen LogP contribution in [0.2, 0.25) is 0 Å². The average molecular weight is 526 g/mol. The number of benzene rings is 4. The van der Waals surface area contributed by atoms with Gasteiger partial charge in [0, 0.05) is 20.9 Å². The van der Waals surface area contributed by atoms with Crippen LogP contribution in [0.1, 0.15) is 27.7 Å². The van der Waals surface area contributed by atoms with Gasteiger partial charge in [-0.3, -0.25) is 4.40 Å². The highest BCUT2D eigenvalue weighted by Crippen LogP contribution is 2.41. The van der Waals surface area contributed by atoms with Crippen LogP contribution in [0, 0.1) is 0 Å². The number of hydrogen-bond acceptors (Lipinski definition) is 4. The highest BCUT2D eigenvalue weighted by atomic mass is 32.1. The molecule has 0 N–H and O–H groups in total. The Kier molecular flexibility index (Phi) is 4.71. The van der Waals surface area contributed by atoms with Crippen molar-refractivity contribution >= 4 is 71.5 Å². The lowest BCUT2D eigenvalue weighted by atomic mass is 9.78. The molecule has 0 saturated carbocycles. The molecule has 1 fully saturated rings. The van der Waals surface area contributed by atoms with Gasteiger partial charge in [0.25, 0.3) is 0 Å². The summed E-state index contributed by atoms with van der Waals surface area (Å²) in [5.74, 6) is 0. The van der Waals surface area contributed by atoms with E-state index in [-0.39, 0.29) is 18.3 Å². The SMILES string of the molecule is CC1(C)OB(c2ccc(-c3cc4c5ccccc5sc4c4nc5c6ccccc6ccc5n34)cc2)OC1(C)C. The molecule has 0 spiro atoms. The van der Waals surface area contributed by atoms with E-state index in [1.165, 1.54) is 30.9 Å². The summed E-state index contributed by atoms with van der Waals surface area (Å²) in [6.07, 6.45) is 0. The van der Waals surface area contributed by atoms with Crippen LogP contribution >= 0.6 is 11.3 Å². The summed E-state index contributed by atoms with van der Waals surface area (Å²) in [5.41, 5.74) is 5.70. The number of aromatic nitrogens is 2. The quantitative estimate of drug-likeness (QED) is 0.214. The van der Waals surface area contributed by atoms with E-state index < -0.39 is 0 Å². The van der Waals surface area contributed by atoms with Gasteiger partial charge in [-0.15, -0.1) is 11.3 Å². The van der Waals surface area contributed by atoms with E-state index in [4.69, 9.17) is 14.3 Å². The van der Waals surface area contributed by atoms with Gasteiger partial charge in [0.05, 0.1) is 32.6 Å². The number of imidazole rings is 1. The fourth-order valence-corrected chi connectivity index (χ4v) is 6.95. The highest BCUT2D eigenvalue weighted by molar-refractivity contribution is 7.26. The monoisotopic (exact) mass is 526 g/mol. The van der Waals surface area contributed by atoms with Crippen LogP contribution in [0.3, 0.4) is 0 Å². The van der Waals surface area contributed by atoms with E-state index in [9.17, 15) is 0 Å². The highest BCUT2D eigenvalue weighted by Gasteiger charge is 2.51. The standard InChI is InChI=1S/C33H27BN2O2S/c1-32(2)33(3,4)38-34(37-32)22-16-13-21(14-17-22)27-19-25-24-11-7-8-12-28(24)39-30(25)31-35-29-23-10-6-5-9-20(23)15-18-26(29)36(27)31/h5-19H,1-4H3. The molecule has 4 nitrogen and oxygen atoms in total.